The van der Waals surface area contributed by atoms with Gasteiger partial charge in [-0.25, -0.2) is 15.0 Å². The van der Waals surface area contributed by atoms with Crippen LogP contribution in [-0.4, -0.2) is 15.0 Å². The first-order valence-electron chi connectivity index (χ1n) is 5.84. The molecule has 0 spiro atoms. The Kier molecular flexibility index (Phi) is 2.59. The van der Waals surface area contributed by atoms with Crippen molar-refractivity contribution in [3.05, 3.63) is 23.0 Å². The topological polar surface area (TPSA) is 64.7 Å². The SMILES string of the molecule is Nc1nc(C2CCCC2)c2nc(Cl)ccc2n1. The first kappa shape index (κ1) is 10.7. The number of pyridine rings is 1. The molecule has 0 bridgehead atoms. The van der Waals surface area contributed by atoms with Crippen molar-refractivity contribution in [2.24, 2.45) is 0 Å². The number of nitrogen functional groups attached to an aromatic ring is 1. The minimum absolute atomic E-state index is 0.323. The summed E-state index contributed by atoms with van der Waals surface area (Å²) in [6, 6.07) is 3.58. The average Bonchev–Trinajstić information content (AvgIpc) is 2.82. The fraction of sp³-hybridized carbons (Fsp3) is 0.417. The molecule has 1 fully saturated rings. The van der Waals surface area contributed by atoms with E-state index in [1.807, 2.05) is 6.07 Å². The van der Waals surface area contributed by atoms with Crippen molar-refractivity contribution in [2.75, 3.05) is 5.73 Å². The van der Waals surface area contributed by atoms with E-state index in [0.717, 1.165) is 29.6 Å². The average molecular weight is 249 g/mol. The summed E-state index contributed by atoms with van der Waals surface area (Å²) in [4.78, 5) is 12.9. The van der Waals surface area contributed by atoms with Crippen LogP contribution in [0.3, 0.4) is 0 Å². The number of nitrogens with two attached hydrogens (primary N) is 1. The van der Waals surface area contributed by atoms with Gasteiger partial charge < -0.3 is 5.73 Å². The molecule has 0 unspecified atom stereocenters. The molecule has 3 rings (SSSR count). The lowest BCUT2D eigenvalue weighted by Gasteiger charge is -2.11. The van der Waals surface area contributed by atoms with Gasteiger partial charge in [-0.05, 0) is 25.0 Å². The number of hydrogen-bond acceptors (Lipinski definition) is 4. The molecule has 1 aliphatic rings. The Labute approximate surface area is 104 Å². The number of anilines is 1. The molecule has 2 N–H and O–H groups in total. The standard InChI is InChI=1S/C12H13ClN4/c13-9-6-5-8-11(16-9)10(17-12(14)15-8)7-3-1-2-4-7/h5-7H,1-4H2,(H2,14,15,17). The minimum atomic E-state index is 0.323. The fourth-order valence-corrected chi connectivity index (χ4v) is 2.66. The van der Waals surface area contributed by atoms with Gasteiger partial charge >= 0.3 is 0 Å². The van der Waals surface area contributed by atoms with Gasteiger partial charge in [0.15, 0.2) is 0 Å². The van der Waals surface area contributed by atoms with Gasteiger partial charge in [0, 0.05) is 5.92 Å². The van der Waals surface area contributed by atoms with E-state index >= 15 is 0 Å². The van der Waals surface area contributed by atoms with Crippen LogP contribution >= 0.6 is 11.6 Å². The molecule has 0 aliphatic heterocycles. The molecular formula is C12H13ClN4. The van der Waals surface area contributed by atoms with Crippen molar-refractivity contribution in [3.8, 4) is 0 Å². The third kappa shape index (κ3) is 1.93. The molecule has 17 heavy (non-hydrogen) atoms. The van der Waals surface area contributed by atoms with Crippen molar-refractivity contribution in [1.29, 1.82) is 0 Å². The number of hydrogen-bond donors (Lipinski definition) is 1. The van der Waals surface area contributed by atoms with Crippen molar-refractivity contribution >= 4 is 28.6 Å². The minimum Gasteiger partial charge on any atom is -0.368 e. The molecule has 0 amide bonds. The Hall–Kier alpha value is -1.42. The predicted octanol–water partition coefficient (Wildman–Crippen LogP) is 2.92. The maximum Gasteiger partial charge on any atom is 0.220 e. The van der Waals surface area contributed by atoms with Crippen LogP contribution in [0.25, 0.3) is 11.0 Å². The van der Waals surface area contributed by atoms with Gasteiger partial charge in [-0.1, -0.05) is 24.4 Å². The van der Waals surface area contributed by atoms with Crippen molar-refractivity contribution in [2.45, 2.75) is 31.6 Å². The summed E-state index contributed by atoms with van der Waals surface area (Å²) in [5, 5.41) is 0.477. The molecule has 2 heterocycles. The van der Waals surface area contributed by atoms with Crippen LogP contribution < -0.4 is 5.73 Å². The number of aromatic nitrogens is 3. The Bertz CT molecular complexity index is 564. The van der Waals surface area contributed by atoms with Crippen LogP contribution in [0, 0.1) is 0 Å². The number of rotatable bonds is 1. The summed E-state index contributed by atoms with van der Waals surface area (Å²) < 4.78 is 0. The molecular weight excluding hydrogens is 236 g/mol. The van der Waals surface area contributed by atoms with Gasteiger partial charge in [0.2, 0.25) is 5.95 Å². The van der Waals surface area contributed by atoms with E-state index in [4.69, 9.17) is 17.3 Å². The molecule has 2 aromatic rings. The van der Waals surface area contributed by atoms with Crippen molar-refractivity contribution in [1.82, 2.24) is 15.0 Å². The zero-order valence-electron chi connectivity index (χ0n) is 9.36. The second-order valence-electron chi connectivity index (χ2n) is 4.45. The van der Waals surface area contributed by atoms with Gasteiger partial charge in [0.05, 0.1) is 11.2 Å². The van der Waals surface area contributed by atoms with E-state index in [1.165, 1.54) is 12.8 Å². The van der Waals surface area contributed by atoms with Crippen LogP contribution in [0.5, 0.6) is 0 Å². The van der Waals surface area contributed by atoms with Crippen LogP contribution in [-0.2, 0) is 0 Å². The van der Waals surface area contributed by atoms with Gasteiger partial charge in [-0.15, -0.1) is 0 Å². The quantitative estimate of drug-likeness (QED) is 0.788. The molecule has 5 heteroatoms. The van der Waals surface area contributed by atoms with Crippen LogP contribution in [0.15, 0.2) is 12.1 Å². The van der Waals surface area contributed by atoms with E-state index in [9.17, 15) is 0 Å². The summed E-state index contributed by atoms with van der Waals surface area (Å²) in [5.41, 5.74) is 8.30. The molecule has 2 aromatic heterocycles. The predicted molar refractivity (Wildman–Crippen MR) is 68.0 cm³/mol. The monoisotopic (exact) mass is 248 g/mol. The maximum atomic E-state index is 5.94. The van der Waals surface area contributed by atoms with Crippen LogP contribution in [0.1, 0.15) is 37.3 Å². The van der Waals surface area contributed by atoms with Gasteiger partial charge in [-0.3, -0.25) is 0 Å². The molecule has 88 valence electrons. The van der Waals surface area contributed by atoms with E-state index in [1.54, 1.807) is 6.07 Å². The largest absolute Gasteiger partial charge is 0.368 e. The lowest BCUT2D eigenvalue weighted by Crippen LogP contribution is -2.05. The second kappa shape index (κ2) is 4.11. The zero-order chi connectivity index (χ0) is 11.8. The van der Waals surface area contributed by atoms with Crippen molar-refractivity contribution < 1.29 is 0 Å². The third-order valence-corrected chi connectivity index (χ3v) is 3.50. The third-order valence-electron chi connectivity index (χ3n) is 3.29. The summed E-state index contributed by atoms with van der Waals surface area (Å²) >= 11 is 5.94. The molecule has 4 nitrogen and oxygen atoms in total. The molecule has 0 atom stereocenters. The fourth-order valence-electron chi connectivity index (χ4n) is 2.52. The highest BCUT2D eigenvalue weighted by Crippen LogP contribution is 2.36. The molecule has 0 aromatic carbocycles. The van der Waals surface area contributed by atoms with Gasteiger partial charge in [-0.2, -0.15) is 0 Å². The molecule has 0 radical (unpaired) electrons. The summed E-state index contributed by atoms with van der Waals surface area (Å²) in [7, 11) is 0. The highest BCUT2D eigenvalue weighted by molar-refractivity contribution is 6.29. The normalized spacial score (nSPS) is 16.8. The Morgan fingerprint density at radius 1 is 1.12 bits per heavy atom. The smallest absolute Gasteiger partial charge is 0.220 e. The Morgan fingerprint density at radius 3 is 2.65 bits per heavy atom. The Balaban J connectivity index is 2.23. The highest BCUT2D eigenvalue weighted by Gasteiger charge is 2.22. The maximum absolute atomic E-state index is 5.94. The van der Waals surface area contributed by atoms with E-state index in [0.29, 0.717) is 17.0 Å². The molecule has 0 saturated heterocycles. The summed E-state index contributed by atoms with van der Waals surface area (Å²) in [5.74, 6) is 0.775. The molecule has 1 saturated carbocycles. The van der Waals surface area contributed by atoms with Gasteiger partial charge in [0.25, 0.3) is 0 Å². The Morgan fingerprint density at radius 2 is 1.88 bits per heavy atom. The van der Waals surface area contributed by atoms with E-state index in [2.05, 4.69) is 15.0 Å². The van der Waals surface area contributed by atoms with Crippen LogP contribution in [0.4, 0.5) is 5.95 Å². The number of nitrogens with zero attached hydrogens (tertiary/aromatic N) is 3. The lowest BCUT2D eigenvalue weighted by molar-refractivity contribution is 0.702. The van der Waals surface area contributed by atoms with Crippen LogP contribution in [0.2, 0.25) is 5.15 Å². The first-order chi connectivity index (χ1) is 8.24. The number of fused-ring (bicyclic) bond motifs is 1. The van der Waals surface area contributed by atoms with E-state index in [-0.39, 0.29) is 0 Å². The van der Waals surface area contributed by atoms with Gasteiger partial charge in [0.1, 0.15) is 10.7 Å². The lowest BCUT2D eigenvalue weighted by atomic mass is 10.0. The second-order valence-corrected chi connectivity index (χ2v) is 4.84. The van der Waals surface area contributed by atoms with Crippen molar-refractivity contribution in [3.63, 3.8) is 0 Å². The summed E-state index contributed by atoms with van der Waals surface area (Å²) in [6.45, 7) is 0. The number of halogens is 1. The highest BCUT2D eigenvalue weighted by atomic mass is 35.5. The van der Waals surface area contributed by atoms with E-state index < -0.39 is 0 Å². The first-order valence-corrected chi connectivity index (χ1v) is 6.21. The molecule has 1 aliphatic carbocycles. The zero-order valence-corrected chi connectivity index (χ0v) is 10.1. The summed E-state index contributed by atoms with van der Waals surface area (Å²) in [6.07, 6.45) is 4.80.